The summed E-state index contributed by atoms with van der Waals surface area (Å²) in [7, 11) is 0. The van der Waals surface area contributed by atoms with Gasteiger partial charge in [0.05, 0.1) is 5.69 Å². The molecule has 1 amide bonds. The summed E-state index contributed by atoms with van der Waals surface area (Å²) in [5.41, 5.74) is 1.97. The number of hydrogen-bond donors (Lipinski definition) is 1. The van der Waals surface area contributed by atoms with Crippen LogP contribution in [-0.4, -0.2) is 24.1 Å². The molecule has 0 aromatic heterocycles. The molecule has 3 rings (SSSR count). The van der Waals surface area contributed by atoms with E-state index in [9.17, 15) is 4.79 Å². The zero-order chi connectivity index (χ0) is 14.7. The van der Waals surface area contributed by atoms with Crippen LogP contribution in [0.3, 0.4) is 0 Å². The van der Waals surface area contributed by atoms with Crippen molar-refractivity contribution in [2.45, 2.75) is 12.6 Å². The van der Waals surface area contributed by atoms with Crippen molar-refractivity contribution in [3.8, 4) is 0 Å². The highest BCUT2D eigenvalue weighted by atomic mass is 35.5. The molecular formula is C16H16ClN3O. The van der Waals surface area contributed by atoms with Crippen LogP contribution in [0.2, 0.25) is 5.02 Å². The molecule has 1 N–H and O–H groups in total. The lowest BCUT2D eigenvalue weighted by atomic mass is 10.3. The predicted molar refractivity (Wildman–Crippen MR) is 85.2 cm³/mol. The third kappa shape index (κ3) is 2.95. The van der Waals surface area contributed by atoms with E-state index in [2.05, 4.69) is 5.32 Å². The number of rotatable bonds is 4. The van der Waals surface area contributed by atoms with Gasteiger partial charge in [0.25, 0.3) is 0 Å². The summed E-state index contributed by atoms with van der Waals surface area (Å²) >= 11 is 5.88. The van der Waals surface area contributed by atoms with Gasteiger partial charge in [-0.25, -0.2) is 5.01 Å². The van der Waals surface area contributed by atoms with Crippen molar-refractivity contribution < 1.29 is 4.79 Å². The molecule has 21 heavy (non-hydrogen) atoms. The molecule has 1 atom stereocenters. The minimum Gasteiger partial charge on any atom is -0.364 e. The summed E-state index contributed by atoms with van der Waals surface area (Å²) in [4.78, 5) is 11.5. The number of anilines is 2. The smallest absolute Gasteiger partial charge is 0.230 e. The Morgan fingerprint density at radius 1 is 1.10 bits per heavy atom. The number of hydrazine groups is 1. The molecule has 1 unspecified atom stereocenters. The highest BCUT2D eigenvalue weighted by Crippen LogP contribution is 2.25. The van der Waals surface area contributed by atoms with Crippen molar-refractivity contribution in [2.75, 3.05) is 16.9 Å². The van der Waals surface area contributed by atoms with Crippen molar-refractivity contribution >= 4 is 29.4 Å². The Bertz CT molecular complexity index is 603. The lowest BCUT2D eigenvalue weighted by Crippen LogP contribution is -2.43. The average Bonchev–Trinajstić information content (AvgIpc) is 2.93. The summed E-state index contributed by atoms with van der Waals surface area (Å²) in [5, 5.41) is 7.75. The quantitative estimate of drug-likeness (QED) is 0.880. The highest BCUT2D eigenvalue weighted by Gasteiger charge is 2.30. The van der Waals surface area contributed by atoms with Crippen LogP contribution in [0.15, 0.2) is 54.6 Å². The summed E-state index contributed by atoms with van der Waals surface area (Å²) in [6.45, 7) is 0.800. The van der Waals surface area contributed by atoms with Gasteiger partial charge in [0.15, 0.2) is 0 Å². The Morgan fingerprint density at radius 3 is 2.48 bits per heavy atom. The molecule has 108 valence electrons. The monoisotopic (exact) mass is 301 g/mol. The molecule has 4 nitrogen and oxygen atoms in total. The van der Waals surface area contributed by atoms with Crippen LogP contribution in [0.25, 0.3) is 0 Å². The first-order valence-electron chi connectivity index (χ1n) is 6.86. The van der Waals surface area contributed by atoms with Crippen molar-refractivity contribution in [1.82, 2.24) is 5.01 Å². The Labute approximate surface area is 128 Å². The number of benzene rings is 2. The molecule has 0 bridgehead atoms. The minimum atomic E-state index is -0.0520. The van der Waals surface area contributed by atoms with E-state index in [1.807, 2.05) is 59.6 Å². The normalized spacial score (nSPS) is 17.9. The number of carbonyl (C=O) groups is 1. The molecule has 1 aliphatic heterocycles. The molecule has 1 fully saturated rings. The van der Waals surface area contributed by atoms with E-state index in [0.29, 0.717) is 5.02 Å². The zero-order valence-corrected chi connectivity index (χ0v) is 12.2. The molecule has 2 aromatic rings. The van der Waals surface area contributed by atoms with Crippen LogP contribution in [0.5, 0.6) is 0 Å². The fourth-order valence-corrected chi connectivity index (χ4v) is 2.66. The molecule has 0 aliphatic carbocycles. The Hall–Kier alpha value is -2.20. The van der Waals surface area contributed by atoms with Gasteiger partial charge < -0.3 is 5.32 Å². The summed E-state index contributed by atoms with van der Waals surface area (Å²) in [6.07, 6.45) is 1.67. The fraction of sp³-hybridized carbons (Fsp3) is 0.188. The van der Waals surface area contributed by atoms with Crippen molar-refractivity contribution in [3.63, 3.8) is 0 Å². The molecule has 2 aromatic carbocycles. The lowest BCUT2D eigenvalue weighted by molar-refractivity contribution is -0.119. The number of nitrogens with one attached hydrogen (secondary N) is 1. The van der Waals surface area contributed by atoms with E-state index in [1.165, 1.54) is 0 Å². The number of carbonyl (C=O) groups excluding carboxylic acids is 1. The van der Waals surface area contributed by atoms with Gasteiger partial charge in [-0.2, -0.15) is 0 Å². The van der Waals surface area contributed by atoms with Gasteiger partial charge in [0.1, 0.15) is 6.17 Å². The van der Waals surface area contributed by atoms with Crippen LogP contribution in [0, 0.1) is 0 Å². The van der Waals surface area contributed by atoms with Gasteiger partial charge in [-0.15, -0.1) is 0 Å². The molecule has 0 spiro atoms. The number of para-hydroxylation sites is 1. The summed E-state index contributed by atoms with van der Waals surface area (Å²) in [5.74, 6) is 0. The van der Waals surface area contributed by atoms with Gasteiger partial charge in [-0.1, -0.05) is 29.8 Å². The molecule has 0 radical (unpaired) electrons. The van der Waals surface area contributed by atoms with E-state index in [0.717, 1.165) is 30.8 Å². The first-order chi connectivity index (χ1) is 10.3. The molecule has 0 saturated carbocycles. The third-order valence-corrected chi connectivity index (χ3v) is 3.80. The van der Waals surface area contributed by atoms with Crippen molar-refractivity contribution in [1.29, 1.82) is 0 Å². The first kappa shape index (κ1) is 13.8. The molecule has 1 heterocycles. The van der Waals surface area contributed by atoms with Crippen molar-refractivity contribution in [3.05, 3.63) is 59.6 Å². The van der Waals surface area contributed by atoms with E-state index in [1.54, 1.807) is 5.01 Å². The van der Waals surface area contributed by atoms with Crippen LogP contribution in [0.1, 0.15) is 6.42 Å². The second kappa shape index (κ2) is 6.06. The second-order valence-electron chi connectivity index (χ2n) is 4.90. The van der Waals surface area contributed by atoms with Crippen LogP contribution in [-0.2, 0) is 4.79 Å². The van der Waals surface area contributed by atoms with Gasteiger partial charge in [-0.3, -0.25) is 9.80 Å². The molecule has 5 heteroatoms. The maximum atomic E-state index is 11.5. The molecule has 1 aliphatic rings. The largest absolute Gasteiger partial charge is 0.364 e. The Kier molecular flexibility index (Phi) is 3.97. The van der Waals surface area contributed by atoms with E-state index in [4.69, 9.17) is 11.6 Å². The van der Waals surface area contributed by atoms with E-state index in [-0.39, 0.29) is 6.17 Å². The maximum Gasteiger partial charge on any atom is 0.230 e. The van der Waals surface area contributed by atoms with Gasteiger partial charge in [0.2, 0.25) is 6.41 Å². The van der Waals surface area contributed by atoms with Crippen LogP contribution >= 0.6 is 11.6 Å². The SMILES string of the molecule is O=CN1C(Nc2ccc(Cl)cc2)CCN1c1ccccc1. The number of nitrogens with zero attached hydrogens (tertiary/aromatic N) is 2. The van der Waals surface area contributed by atoms with Gasteiger partial charge in [0, 0.05) is 23.7 Å². The first-order valence-corrected chi connectivity index (χ1v) is 7.24. The molecular weight excluding hydrogens is 286 g/mol. The second-order valence-corrected chi connectivity index (χ2v) is 5.34. The topological polar surface area (TPSA) is 35.6 Å². The number of hydrogen-bond acceptors (Lipinski definition) is 3. The molecule has 1 saturated heterocycles. The fourth-order valence-electron chi connectivity index (χ4n) is 2.53. The standard InChI is InChI=1S/C16H16ClN3O/c17-13-6-8-14(9-7-13)18-16-10-11-19(20(16)12-21)15-4-2-1-3-5-15/h1-9,12,16,18H,10-11H2. The number of amides is 1. The average molecular weight is 302 g/mol. The minimum absolute atomic E-state index is 0.0520. The van der Waals surface area contributed by atoms with Crippen LogP contribution in [0.4, 0.5) is 11.4 Å². The van der Waals surface area contributed by atoms with Gasteiger partial charge in [-0.05, 0) is 36.4 Å². The summed E-state index contributed by atoms with van der Waals surface area (Å²) < 4.78 is 0. The van der Waals surface area contributed by atoms with Gasteiger partial charge >= 0.3 is 0 Å². The Morgan fingerprint density at radius 2 is 1.81 bits per heavy atom. The third-order valence-electron chi connectivity index (χ3n) is 3.55. The Balaban J connectivity index is 1.75. The lowest BCUT2D eigenvalue weighted by Gasteiger charge is -2.30. The maximum absolute atomic E-state index is 11.5. The van der Waals surface area contributed by atoms with Crippen LogP contribution < -0.4 is 10.3 Å². The van der Waals surface area contributed by atoms with E-state index >= 15 is 0 Å². The zero-order valence-electron chi connectivity index (χ0n) is 11.4. The predicted octanol–water partition coefficient (Wildman–Crippen LogP) is 3.36. The van der Waals surface area contributed by atoms with E-state index < -0.39 is 0 Å². The summed E-state index contributed by atoms with van der Waals surface area (Å²) in [6, 6.07) is 17.4. The number of halogens is 1. The van der Waals surface area contributed by atoms with Crippen molar-refractivity contribution in [2.24, 2.45) is 0 Å². The highest BCUT2D eigenvalue weighted by molar-refractivity contribution is 6.30.